The molecular formula is C27H30N3O2+. The molecule has 0 aliphatic carbocycles. The van der Waals surface area contributed by atoms with Crippen molar-refractivity contribution in [3.63, 3.8) is 0 Å². The predicted molar refractivity (Wildman–Crippen MR) is 129 cm³/mol. The van der Waals surface area contributed by atoms with Crippen LogP contribution in [0.5, 0.6) is 5.75 Å². The lowest BCUT2D eigenvalue weighted by atomic mass is 9.90. The van der Waals surface area contributed by atoms with Crippen LogP contribution in [0.4, 0.5) is 5.69 Å². The number of carbonyl (C=O) groups excluding carboxylic acids is 1. The van der Waals surface area contributed by atoms with Crippen LogP contribution >= 0.6 is 0 Å². The van der Waals surface area contributed by atoms with E-state index in [-0.39, 0.29) is 17.9 Å². The number of nitrogens with two attached hydrogens (primary N) is 1. The number of rotatable bonds is 8. The fourth-order valence-corrected chi connectivity index (χ4v) is 4.00. The summed E-state index contributed by atoms with van der Waals surface area (Å²) in [4.78, 5) is 16.2. The van der Waals surface area contributed by atoms with Crippen molar-refractivity contribution in [1.29, 1.82) is 0 Å². The number of hydrogen-bond acceptors (Lipinski definition) is 2. The Hall–Kier alpha value is -3.57. The first-order valence-electron chi connectivity index (χ1n) is 11.0. The van der Waals surface area contributed by atoms with Crippen LogP contribution in [0.2, 0.25) is 0 Å². The van der Waals surface area contributed by atoms with Gasteiger partial charge in [-0.15, -0.1) is 0 Å². The van der Waals surface area contributed by atoms with Crippen molar-refractivity contribution in [2.45, 2.75) is 25.8 Å². The molecule has 5 nitrogen and oxygen atoms in total. The average Bonchev–Trinajstić information content (AvgIpc) is 3.25. The molecule has 1 aromatic heterocycles. The lowest BCUT2D eigenvalue weighted by molar-refractivity contribution is -0.674. The third-order valence-corrected chi connectivity index (χ3v) is 5.97. The SMILES string of the molecule is COc1ccc([C@@H](C[NH2+][C@@H](C)C(=O)Nc2ccc(C)cc2)c2c[nH]c3ccccc23)cc1. The van der Waals surface area contributed by atoms with Crippen LogP contribution in [-0.2, 0) is 4.79 Å². The molecular weight excluding hydrogens is 398 g/mol. The van der Waals surface area contributed by atoms with Gasteiger partial charge in [-0.05, 0) is 55.3 Å². The molecule has 0 saturated heterocycles. The number of benzene rings is 3. The third kappa shape index (κ3) is 4.84. The molecule has 3 aromatic carbocycles. The van der Waals surface area contributed by atoms with E-state index in [1.807, 2.05) is 56.3 Å². The van der Waals surface area contributed by atoms with Gasteiger partial charge < -0.3 is 20.4 Å². The molecule has 0 radical (unpaired) electrons. The number of fused-ring (bicyclic) bond motifs is 1. The molecule has 4 N–H and O–H groups in total. The molecule has 0 aliphatic rings. The van der Waals surface area contributed by atoms with Crippen molar-refractivity contribution < 1.29 is 14.8 Å². The predicted octanol–water partition coefficient (Wildman–Crippen LogP) is 4.21. The van der Waals surface area contributed by atoms with E-state index in [0.29, 0.717) is 0 Å². The summed E-state index contributed by atoms with van der Waals surface area (Å²) in [6.07, 6.45) is 2.09. The van der Waals surface area contributed by atoms with Gasteiger partial charge in [0.15, 0.2) is 6.04 Å². The Bertz CT molecular complexity index is 1180. The zero-order chi connectivity index (χ0) is 22.5. The van der Waals surface area contributed by atoms with Crippen molar-refractivity contribution in [1.82, 2.24) is 4.98 Å². The number of methoxy groups -OCH3 is 1. The molecule has 0 aliphatic heterocycles. The van der Waals surface area contributed by atoms with Crippen molar-refractivity contribution in [3.8, 4) is 5.75 Å². The number of ether oxygens (including phenoxy) is 1. The van der Waals surface area contributed by atoms with Crippen LogP contribution in [0.3, 0.4) is 0 Å². The summed E-state index contributed by atoms with van der Waals surface area (Å²) >= 11 is 0. The number of amides is 1. The monoisotopic (exact) mass is 428 g/mol. The standard InChI is InChI=1S/C27H29N3O2/c1-18-8-12-21(13-9-18)30-27(31)19(2)28-16-24(20-10-14-22(32-3)15-11-20)25-17-29-26-7-5-4-6-23(25)26/h4-15,17,19,24,28-29H,16H2,1-3H3,(H,30,31)/p+1/t19-,24+/m0/s1. The van der Waals surface area contributed by atoms with Crippen LogP contribution in [0.15, 0.2) is 79.0 Å². The van der Waals surface area contributed by atoms with Gasteiger partial charge in [0.2, 0.25) is 0 Å². The van der Waals surface area contributed by atoms with Gasteiger partial charge in [-0.1, -0.05) is 48.0 Å². The van der Waals surface area contributed by atoms with Crippen molar-refractivity contribution in [3.05, 3.63) is 95.7 Å². The molecule has 2 atom stereocenters. The van der Waals surface area contributed by atoms with Crippen LogP contribution in [0.1, 0.15) is 29.5 Å². The van der Waals surface area contributed by atoms with E-state index in [2.05, 4.69) is 52.1 Å². The number of aromatic nitrogens is 1. The Morgan fingerprint density at radius 3 is 2.47 bits per heavy atom. The van der Waals surface area contributed by atoms with E-state index in [9.17, 15) is 4.79 Å². The molecule has 0 spiro atoms. The molecule has 0 bridgehead atoms. The van der Waals surface area contributed by atoms with Crippen molar-refractivity contribution in [2.24, 2.45) is 0 Å². The second-order valence-electron chi connectivity index (χ2n) is 8.23. The number of carbonyl (C=O) groups is 1. The summed E-state index contributed by atoms with van der Waals surface area (Å²) in [7, 11) is 1.67. The molecule has 0 saturated carbocycles. The molecule has 164 valence electrons. The third-order valence-electron chi connectivity index (χ3n) is 5.97. The highest BCUT2D eigenvalue weighted by Crippen LogP contribution is 2.30. The maximum Gasteiger partial charge on any atom is 0.282 e. The first kappa shape index (κ1) is 21.7. The van der Waals surface area contributed by atoms with Gasteiger partial charge >= 0.3 is 0 Å². The smallest absolute Gasteiger partial charge is 0.282 e. The van der Waals surface area contributed by atoms with Crippen molar-refractivity contribution in [2.75, 3.05) is 19.0 Å². The van der Waals surface area contributed by atoms with Crippen molar-refractivity contribution >= 4 is 22.5 Å². The Kier molecular flexibility index (Phi) is 6.57. The summed E-state index contributed by atoms with van der Waals surface area (Å²) in [5.74, 6) is 0.967. The van der Waals surface area contributed by atoms with Crippen LogP contribution < -0.4 is 15.4 Å². The topological polar surface area (TPSA) is 70.7 Å². The fourth-order valence-electron chi connectivity index (χ4n) is 4.00. The van der Waals surface area contributed by atoms with Gasteiger partial charge in [0.25, 0.3) is 5.91 Å². The van der Waals surface area contributed by atoms with Gasteiger partial charge in [-0.2, -0.15) is 0 Å². The average molecular weight is 429 g/mol. The normalized spacial score (nSPS) is 13.0. The number of anilines is 1. The molecule has 1 amide bonds. The van der Waals surface area contributed by atoms with Crippen LogP contribution in [0, 0.1) is 6.92 Å². The number of hydrogen-bond donors (Lipinski definition) is 3. The largest absolute Gasteiger partial charge is 0.497 e. The zero-order valence-corrected chi connectivity index (χ0v) is 18.8. The van der Waals surface area contributed by atoms with Gasteiger partial charge in [0, 0.05) is 22.8 Å². The Morgan fingerprint density at radius 1 is 1.03 bits per heavy atom. The number of quaternary nitrogens is 1. The highest BCUT2D eigenvalue weighted by Gasteiger charge is 2.23. The molecule has 5 heteroatoms. The van der Waals surface area contributed by atoms with E-state index in [4.69, 9.17) is 4.74 Å². The minimum absolute atomic E-state index is 0.00117. The number of para-hydroxylation sites is 1. The molecule has 0 unspecified atom stereocenters. The van der Waals surface area contributed by atoms with E-state index in [1.165, 1.54) is 22.1 Å². The quantitative estimate of drug-likeness (QED) is 0.393. The van der Waals surface area contributed by atoms with E-state index in [1.54, 1.807) is 7.11 Å². The molecule has 4 rings (SSSR count). The number of nitrogens with one attached hydrogen (secondary N) is 2. The van der Waals surface area contributed by atoms with Gasteiger partial charge in [0.05, 0.1) is 19.6 Å². The molecule has 4 aromatic rings. The summed E-state index contributed by atoms with van der Waals surface area (Å²) in [6.45, 7) is 4.73. The number of aryl methyl sites for hydroxylation is 1. The van der Waals surface area contributed by atoms with E-state index >= 15 is 0 Å². The Labute approximate surface area is 188 Å². The zero-order valence-electron chi connectivity index (χ0n) is 18.8. The summed E-state index contributed by atoms with van der Waals surface area (Å²) in [5, 5.41) is 6.34. The second-order valence-corrected chi connectivity index (χ2v) is 8.23. The fraction of sp³-hybridized carbons (Fsp3) is 0.222. The molecule has 0 fully saturated rings. The summed E-state index contributed by atoms with van der Waals surface area (Å²) in [5.41, 5.74) is 5.53. The Balaban J connectivity index is 1.53. The van der Waals surface area contributed by atoms with Crippen LogP contribution in [0.25, 0.3) is 10.9 Å². The van der Waals surface area contributed by atoms with Crippen LogP contribution in [-0.4, -0.2) is 30.6 Å². The minimum atomic E-state index is -0.220. The lowest BCUT2D eigenvalue weighted by Crippen LogP contribution is -2.92. The number of H-pyrrole nitrogens is 1. The highest BCUT2D eigenvalue weighted by molar-refractivity contribution is 5.93. The van der Waals surface area contributed by atoms with E-state index < -0.39 is 0 Å². The second kappa shape index (κ2) is 9.71. The molecule has 1 heterocycles. The van der Waals surface area contributed by atoms with Gasteiger partial charge in [0.1, 0.15) is 5.75 Å². The summed E-state index contributed by atoms with van der Waals surface area (Å²) in [6, 6.07) is 24.2. The molecule has 32 heavy (non-hydrogen) atoms. The van der Waals surface area contributed by atoms with Gasteiger partial charge in [-0.3, -0.25) is 4.79 Å². The Morgan fingerprint density at radius 2 is 1.75 bits per heavy atom. The minimum Gasteiger partial charge on any atom is -0.497 e. The maximum atomic E-state index is 12.8. The highest BCUT2D eigenvalue weighted by atomic mass is 16.5. The lowest BCUT2D eigenvalue weighted by Gasteiger charge is -2.19. The maximum absolute atomic E-state index is 12.8. The number of aromatic amines is 1. The van der Waals surface area contributed by atoms with E-state index in [0.717, 1.165) is 23.5 Å². The van der Waals surface area contributed by atoms with Gasteiger partial charge in [-0.25, -0.2) is 0 Å². The summed E-state index contributed by atoms with van der Waals surface area (Å²) < 4.78 is 5.34. The first-order chi connectivity index (χ1) is 15.5. The first-order valence-corrected chi connectivity index (χ1v) is 11.0.